The fraction of sp³-hybridized carbons (Fsp3) is 0.222. The number of carbonyl (C=O) groups excluding carboxylic acids is 2. The summed E-state index contributed by atoms with van der Waals surface area (Å²) in [6, 6.07) is 15.3. The number of methoxy groups -OCH3 is 1. The molecule has 3 N–H and O–H groups in total. The average Bonchev–Trinajstić information content (AvgIpc) is 2.62. The number of amides is 1. The maximum atomic E-state index is 12.1. The number of hydrogen-bond donors (Lipinski definition) is 2. The maximum absolute atomic E-state index is 12.1. The van der Waals surface area contributed by atoms with Gasteiger partial charge in [0.15, 0.2) is 0 Å². The number of rotatable bonds is 7. The van der Waals surface area contributed by atoms with Crippen LogP contribution in [0.5, 0.6) is 0 Å². The zero-order valence-electron chi connectivity index (χ0n) is 13.4. The Hall–Kier alpha value is -2.70. The van der Waals surface area contributed by atoms with Crippen molar-refractivity contribution in [3.05, 3.63) is 65.7 Å². The highest BCUT2D eigenvalue weighted by Gasteiger charge is 2.17. The number of hydrogen-bond acceptors (Lipinski definition) is 5. The highest BCUT2D eigenvalue weighted by Crippen LogP contribution is 2.16. The van der Waals surface area contributed by atoms with Crippen molar-refractivity contribution >= 4 is 17.6 Å². The summed E-state index contributed by atoms with van der Waals surface area (Å²) in [6.45, 7) is 0.446. The van der Waals surface area contributed by atoms with Crippen LogP contribution < -0.4 is 11.1 Å². The molecule has 0 aromatic heterocycles. The topological polar surface area (TPSA) is 90.7 Å². The third-order valence-corrected chi connectivity index (χ3v) is 3.34. The van der Waals surface area contributed by atoms with Crippen molar-refractivity contribution < 1.29 is 19.1 Å². The summed E-state index contributed by atoms with van der Waals surface area (Å²) in [5.74, 6) is -0.959. The van der Waals surface area contributed by atoms with Crippen molar-refractivity contribution in [2.24, 2.45) is 5.73 Å². The molecular formula is C18H20N2O4. The van der Waals surface area contributed by atoms with Gasteiger partial charge in [0, 0.05) is 0 Å². The van der Waals surface area contributed by atoms with E-state index in [-0.39, 0.29) is 12.2 Å². The second-order valence-corrected chi connectivity index (χ2v) is 5.13. The van der Waals surface area contributed by atoms with Gasteiger partial charge in [-0.25, -0.2) is 4.79 Å². The molecule has 6 heteroatoms. The molecule has 2 aromatic rings. The second kappa shape index (κ2) is 8.81. The lowest BCUT2D eigenvalue weighted by molar-refractivity contribution is -0.118. The van der Waals surface area contributed by atoms with E-state index in [1.54, 1.807) is 24.3 Å². The van der Waals surface area contributed by atoms with Crippen molar-refractivity contribution in [2.45, 2.75) is 12.6 Å². The van der Waals surface area contributed by atoms with Crippen molar-refractivity contribution in [1.82, 2.24) is 0 Å². The summed E-state index contributed by atoms with van der Waals surface area (Å²) >= 11 is 0. The van der Waals surface area contributed by atoms with E-state index < -0.39 is 17.9 Å². The quantitative estimate of drug-likeness (QED) is 0.758. The van der Waals surface area contributed by atoms with Gasteiger partial charge in [0.05, 0.1) is 31.6 Å². The third kappa shape index (κ3) is 4.91. The second-order valence-electron chi connectivity index (χ2n) is 5.13. The van der Waals surface area contributed by atoms with Crippen molar-refractivity contribution in [3.63, 3.8) is 0 Å². The molecule has 0 aliphatic heterocycles. The fourth-order valence-corrected chi connectivity index (χ4v) is 2.06. The molecule has 1 amide bonds. The van der Waals surface area contributed by atoms with E-state index in [4.69, 9.17) is 10.5 Å². The van der Waals surface area contributed by atoms with Gasteiger partial charge in [0.1, 0.15) is 6.04 Å². The molecule has 0 bridgehead atoms. The van der Waals surface area contributed by atoms with Crippen LogP contribution in [0.25, 0.3) is 0 Å². The van der Waals surface area contributed by atoms with E-state index in [0.29, 0.717) is 12.3 Å². The number of carbonyl (C=O) groups is 2. The summed E-state index contributed by atoms with van der Waals surface area (Å²) in [5.41, 5.74) is 7.46. The van der Waals surface area contributed by atoms with Gasteiger partial charge >= 0.3 is 5.97 Å². The summed E-state index contributed by atoms with van der Waals surface area (Å²) in [7, 11) is 1.28. The lowest BCUT2D eigenvalue weighted by atomic mass is 10.1. The monoisotopic (exact) mass is 328 g/mol. The molecule has 0 saturated carbocycles. The van der Waals surface area contributed by atoms with E-state index in [0.717, 1.165) is 5.56 Å². The molecule has 2 aromatic carbocycles. The van der Waals surface area contributed by atoms with Gasteiger partial charge < -0.3 is 20.5 Å². The van der Waals surface area contributed by atoms with E-state index in [1.165, 1.54) is 7.11 Å². The number of benzene rings is 2. The molecule has 0 aliphatic carbocycles. The first-order valence-corrected chi connectivity index (χ1v) is 7.47. The van der Waals surface area contributed by atoms with Crippen molar-refractivity contribution in [1.29, 1.82) is 0 Å². The van der Waals surface area contributed by atoms with E-state index in [1.807, 2.05) is 30.3 Å². The Morgan fingerprint density at radius 1 is 1.08 bits per heavy atom. The van der Waals surface area contributed by atoms with Crippen LogP contribution in [0.4, 0.5) is 5.69 Å². The van der Waals surface area contributed by atoms with Crippen LogP contribution in [-0.4, -0.2) is 31.6 Å². The molecular weight excluding hydrogens is 308 g/mol. The molecule has 0 aliphatic rings. The van der Waals surface area contributed by atoms with E-state index >= 15 is 0 Å². The Balaban J connectivity index is 1.89. The SMILES string of the molecule is COC(=O)c1ccccc1NC(=O)[C@@H](N)COCc1ccccc1. The van der Waals surface area contributed by atoms with Crippen LogP contribution in [0.1, 0.15) is 15.9 Å². The Kier molecular flexibility index (Phi) is 6.48. The predicted octanol–water partition coefficient (Wildman–Crippen LogP) is 1.96. The minimum absolute atomic E-state index is 0.0706. The van der Waals surface area contributed by atoms with Gasteiger partial charge in [-0.3, -0.25) is 4.79 Å². The standard InChI is InChI=1S/C18H20N2O4/c1-23-18(22)14-9-5-6-10-16(14)20-17(21)15(19)12-24-11-13-7-3-2-4-8-13/h2-10,15H,11-12,19H2,1H3,(H,20,21)/t15-/m0/s1. The molecule has 0 unspecified atom stereocenters. The first-order valence-electron chi connectivity index (χ1n) is 7.47. The van der Waals surface area contributed by atoms with E-state index in [2.05, 4.69) is 10.1 Å². The van der Waals surface area contributed by atoms with Gasteiger partial charge in [0.25, 0.3) is 0 Å². The maximum Gasteiger partial charge on any atom is 0.339 e. The molecule has 0 spiro atoms. The summed E-state index contributed by atoms with van der Waals surface area (Å²) < 4.78 is 10.1. The van der Waals surface area contributed by atoms with Crippen LogP contribution in [0.15, 0.2) is 54.6 Å². The predicted molar refractivity (Wildman–Crippen MR) is 90.5 cm³/mol. The molecule has 0 heterocycles. The fourth-order valence-electron chi connectivity index (χ4n) is 2.06. The lowest BCUT2D eigenvalue weighted by Gasteiger charge is -2.14. The summed E-state index contributed by atoms with van der Waals surface area (Å²) in [4.78, 5) is 23.8. The number of esters is 1. The number of ether oxygens (including phenoxy) is 2. The van der Waals surface area contributed by atoms with Gasteiger partial charge in [0.2, 0.25) is 5.91 Å². The summed E-state index contributed by atoms with van der Waals surface area (Å²) in [5, 5.41) is 2.63. The minimum atomic E-state index is -0.848. The molecule has 0 saturated heterocycles. The third-order valence-electron chi connectivity index (χ3n) is 3.34. The zero-order valence-corrected chi connectivity index (χ0v) is 13.4. The number of anilines is 1. The average molecular weight is 328 g/mol. The Labute approximate surface area is 140 Å². The minimum Gasteiger partial charge on any atom is -0.465 e. The first kappa shape index (κ1) is 17.7. The normalized spacial score (nSPS) is 11.6. The molecule has 126 valence electrons. The first-order chi connectivity index (χ1) is 11.6. The Bertz CT molecular complexity index is 688. The Morgan fingerprint density at radius 2 is 1.75 bits per heavy atom. The lowest BCUT2D eigenvalue weighted by Crippen LogP contribution is -2.39. The van der Waals surface area contributed by atoms with Crippen molar-refractivity contribution in [3.8, 4) is 0 Å². The number of nitrogens with two attached hydrogens (primary N) is 1. The molecule has 6 nitrogen and oxygen atoms in total. The van der Waals surface area contributed by atoms with Crippen LogP contribution in [0.2, 0.25) is 0 Å². The summed E-state index contributed by atoms with van der Waals surface area (Å²) in [6.07, 6.45) is 0. The Morgan fingerprint density at radius 3 is 2.46 bits per heavy atom. The van der Waals surface area contributed by atoms with Gasteiger partial charge in [-0.1, -0.05) is 42.5 Å². The molecule has 0 radical (unpaired) electrons. The molecule has 2 rings (SSSR count). The largest absolute Gasteiger partial charge is 0.465 e. The van der Waals surface area contributed by atoms with Crippen LogP contribution >= 0.6 is 0 Å². The highest BCUT2D eigenvalue weighted by molar-refractivity contribution is 6.02. The number of para-hydroxylation sites is 1. The van der Waals surface area contributed by atoms with E-state index in [9.17, 15) is 9.59 Å². The molecule has 1 atom stereocenters. The van der Waals surface area contributed by atoms with Gasteiger partial charge in [-0.2, -0.15) is 0 Å². The van der Waals surface area contributed by atoms with Crippen LogP contribution in [0, 0.1) is 0 Å². The number of nitrogens with one attached hydrogen (secondary N) is 1. The molecule has 24 heavy (non-hydrogen) atoms. The van der Waals surface area contributed by atoms with Gasteiger partial charge in [-0.05, 0) is 17.7 Å². The molecule has 0 fully saturated rings. The van der Waals surface area contributed by atoms with Crippen LogP contribution in [0.3, 0.4) is 0 Å². The highest BCUT2D eigenvalue weighted by atomic mass is 16.5. The smallest absolute Gasteiger partial charge is 0.339 e. The van der Waals surface area contributed by atoms with Crippen LogP contribution in [-0.2, 0) is 20.9 Å². The zero-order chi connectivity index (χ0) is 17.4. The van der Waals surface area contributed by atoms with Crippen molar-refractivity contribution in [2.75, 3.05) is 19.0 Å². The van der Waals surface area contributed by atoms with Gasteiger partial charge in [-0.15, -0.1) is 0 Å².